The second-order valence-electron chi connectivity index (χ2n) is 5.96. The summed E-state index contributed by atoms with van der Waals surface area (Å²) in [7, 11) is 0. The van der Waals surface area contributed by atoms with Crippen LogP contribution in [0.2, 0.25) is 0 Å². The van der Waals surface area contributed by atoms with Crippen molar-refractivity contribution in [1.29, 1.82) is 0 Å². The summed E-state index contributed by atoms with van der Waals surface area (Å²) in [6, 6.07) is 13.0. The molecule has 0 aliphatic heterocycles. The third kappa shape index (κ3) is 4.11. The molecule has 0 bridgehead atoms. The van der Waals surface area contributed by atoms with Gasteiger partial charge >= 0.3 is 12.1 Å². The van der Waals surface area contributed by atoms with Crippen LogP contribution in [0.25, 0.3) is 10.9 Å². The minimum atomic E-state index is -4.63. The molecular formula is C20H15F3N2O3. The maximum atomic E-state index is 13.0. The fourth-order valence-corrected chi connectivity index (χ4v) is 2.62. The van der Waals surface area contributed by atoms with Gasteiger partial charge in [-0.2, -0.15) is 13.2 Å². The first kappa shape index (κ1) is 19.3. The average Bonchev–Trinajstić information content (AvgIpc) is 2.67. The molecule has 0 aliphatic carbocycles. The first-order valence-corrected chi connectivity index (χ1v) is 8.29. The summed E-state index contributed by atoms with van der Waals surface area (Å²) in [6.45, 7) is 1.28. The topological polar surface area (TPSA) is 68.3 Å². The SMILES string of the molecule is C[C@H](OC(=O)c1cccc2cccnc12)C(=O)Nc1ccccc1C(F)(F)F. The molecule has 28 heavy (non-hydrogen) atoms. The Morgan fingerprint density at radius 3 is 2.50 bits per heavy atom. The monoisotopic (exact) mass is 388 g/mol. The Morgan fingerprint density at radius 2 is 1.75 bits per heavy atom. The predicted molar refractivity (Wildman–Crippen MR) is 96.7 cm³/mol. The van der Waals surface area contributed by atoms with Crippen molar-refractivity contribution >= 4 is 28.5 Å². The van der Waals surface area contributed by atoms with Crippen molar-refractivity contribution in [3.63, 3.8) is 0 Å². The number of nitrogens with zero attached hydrogens (tertiary/aromatic N) is 1. The van der Waals surface area contributed by atoms with Crippen LogP contribution in [0.3, 0.4) is 0 Å². The fraction of sp³-hybridized carbons (Fsp3) is 0.150. The van der Waals surface area contributed by atoms with Gasteiger partial charge in [0.05, 0.1) is 22.3 Å². The normalized spacial score (nSPS) is 12.4. The summed E-state index contributed by atoms with van der Waals surface area (Å²) < 4.78 is 44.2. The lowest BCUT2D eigenvalue weighted by molar-refractivity contribution is -0.137. The Labute approximate surface area is 158 Å². The number of para-hydroxylation sites is 2. The lowest BCUT2D eigenvalue weighted by Crippen LogP contribution is -2.30. The van der Waals surface area contributed by atoms with Crippen molar-refractivity contribution in [2.75, 3.05) is 5.32 Å². The number of halogens is 3. The van der Waals surface area contributed by atoms with Crippen LogP contribution in [0.1, 0.15) is 22.8 Å². The number of hydrogen-bond acceptors (Lipinski definition) is 4. The standard InChI is InChI=1S/C20H15F3N2O3/c1-12(18(26)25-16-10-3-2-9-15(16)20(21,22)23)28-19(27)14-8-4-6-13-7-5-11-24-17(13)14/h2-12H,1H3,(H,25,26)/t12-/m0/s1. The number of esters is 1. The fourth-order valence-electron chi connectivity index (χ4n) is 2.62. The minimum absolute atomic E-state index is 0.161. The van der Waals surface area contributed by atoms with Gasteiger partial charge in [-0.1, -0.05) is 30.3 Å². The molecule has 2 aromatic carbocycles. The summed E-state index contributed by atoms with van der Waals surface area (Å²) in [5.74, 6) is -1.67. The molecule has 144 valence electrons. The molecule has 3 aromatic rings. The Hall–Kier alpha value is -3.42. The number of carbonyl (C=O) groups is 2. The highest BCUT2D eigenvalue weighted by Gasteiger charge is 2.34. The molecule has 1 heterocycles. The van der Waals surface area contributed by atoms with E-state index in [2.05, 4.69) is 10.3 Å². The molecule has 1 atom stereocenters. The lowest BCUT2D eigenvalue weighted by atomic mass is 10.1. The Balaban J connectivity index is 1.75. The maximum Gasteiger partial charge on any atom is 0.418 e. The van der Waals surface area contributed by atoms with Crippen molar-refractivity contribution in [3.8, 4) is 0 Å². The second kappa shape index (κ2) is 7.67. The zero-order valence-corrected chi connectivity index (χ0v) is 14.7. The van der Waals surface area contributed by atoms with Gasteiger partial charge in [-0.15, -0.1) is 0 Å². The number of amides is 1. The quantitative estimate of drug-likeness (QED) is 0.671. The molecule has 3 rings (SSSR count). The number of pyridine rings is 1. The van der Waals surface area contributed by atoms with Crippen molar-refractivity contribution in [2.45, 2.75) is 19.2 Å². The van der Waals surface area contributed by atoms with E-state index in [1.165, 1.54) is 31.3 Å². The first-order valence-electron chi connectivity index (χ1n) is 8.29. The van der Waals surface area contributed by atoms with E-state index in [0.717, 1.165) is 12.1 Å². The van der Waals surface area contributed by atoms with Crippen LogP contribution in [0, 0.1) is 0 Å². The van der Waals surface area contributed by atoms with E-state index in [1.54, 1.807) is 24.3 Å². The van der Waals surface area contributed by atoms with Gasteiger partial charge < -0.3 is 10.1 Å². The van der Waals surface area contributed by atoms with E-state index >= 15 is 0 Å². The third-order valence-electron chi connectivity index (χ3n) is 4.00. The molecule has 0 saturated heterocycles. The van der Waals surface area contributed by atoms with Gasteiger partial charge in [0.15, 0.2) is 6.10 Å². The Morgan fingerprint density at radius 1 is 1.04 bits per heavy atom. The number of aromatic nitrogens is 1. The molecule has 0 saturated carbocycles. The Kier molecular flexibility index (Phi) is 5.30. The van der Waals surface area contributed by atoms with Gasteiger partial charge in [-0.05, 0) is 31.2 Å². The van der Waals surface area contributed by atoms with Gasteiger partial charge in [-0.3, -0.25) is 9.78 Å². The summed E-state index contributed by atoms with van der Waals surface area (Å²) in [4.78, 5) is 28.8. The molecule has 5 nitrogen and oxygen atoms in total. The van der Waals surface area contributed by atoms with Gasteiger partial charge in [-0.25, -0.2) is 4.79 Å². The molecule has 0 aliphatic rings. The van der Waals surface area contributed by atoms with Crippen molar-refractivity contribution < 1.29 is 27.5 Å². The van der Waals surface area contributed by atoms with Crippen molar-refractivity contribution in [1.82, 2.24) is 4.98 Å². The van der Waals surface area contributed by atoms with Crippen LogP contribution < -0.4 is 5.32 Å². The number of nitrogens with one attached hydrogen (secondary N) is 1. The van der Waals surface area contributed by atoms with Crippen LogP contribution in [0.4, 0.5) is 18.9 Å². The van der Waals surface area contributed by atoms with Crippen molar-refractivity contribution in [2.24, 2.45) is 0 Å². The molecule has 8 heteroatoms. The predicted octanol–water partition coefficient (Wildman–Crippen LogP) is 4.44. The van der Waals surface area contributed by atoms with E-state index < -0.39 is 35.4 Å². The van der Waals surface area contributed by atoms with Gasteiger partial charge in [0.25, 0.3) is 5.91 Å². The molecule has 1 aromatic heterocycles. The molecule has 0 fully saturated rings. The number of fused-ring (bicyclic) bond motifs is 1. The van der Waals surface area contributed by atoms with E-state index in [4.69, 9.17) is 4.74 Å². The largest absolute Gasteiger partial charge is 0.449 e. The zero-order valence-electron chi connectivity index (χ0n) is 14.7. The van der Waals surface area contributed by atoms with Crippen LogP contribution in [0.5, 0.6) is 0 Å². The average molecular weight is 388 g/mol. The summed E-state index contributed by atoms with van der Waals surface area (Å²) in [6.07, 6.45) is -4.42. The lowest BCUT2D eigenvalue weighted by Gasteiger charge is -2.17. The van der Waals surface area contributed by atoms with E-state index in [-0.39, 0.29) is 5.56 Å². The highest BCUT2D eigenvalue weighted by atomic mass is 19.4. The molecule has 1 N–H and O–H groups in total. The Bertz CT molecular complexity index is 1030. The van der Waals surface area contributed by atoms with Gasteiger partial charge in [0.2, 0.25) is 0 Å². The smallest absolute Gasteiger partial charge is 0.418 e. The summed E-state index contributed by atoms with van der Waals surface area (Å²) in [5.41, 5.74) is -0.826. The summed E-state index contributed by atoms with van der Waals surface area (Å²) >= 11 is 0. The van der Waals surface area contributed by atoms with E-state index in [1.807, 2.05) is 0 Å². The van der Waals surface area contributed by atoms with Crippen LogP contribution in [-0.2, 0) is 15.7 Å². The summed E-state index contributed by atoms with van der Waals surface area (Å²) in [5, 5.41) is 2.87. The van der Waals surface area contributed by atoms with Gasteiger partial charge in [0.1, 0.15) is 0 Å². The highest BCUT2D eigenvalue weighted by Crippen LogP contribution is 2.34. The second-order valence-corrected chi connectivity index (χ2v) is 5.96. The number of ether oxygens (including phenoxy) is 1. The first-order chi connectivity index (χ1) is 13.3. The van der Waals surface area contributed by atoms with Gasteiger partial charge in [0, 0.05) is 11.6 Å². The number of carbonyl (C=O) groups excluding carboxylic acids is 2. The molecule has 0 radical (unpaired) electrons. The van der Waals surface area contributed by atoms with Crippen LogP contribution in [0.15, 0.2) is 60.8 Å². The zero-order chi connectivity index (χ0) is 20.3. The maximum absolute atomic E-state index is 13.0. The van der Waals surface area contributed by atoms with E-state index in [9.17, 15) is 22.8 Å². The number of alkyl halides is 3. The molecule has 0 unspecified atom stereocenters. The minimum Gasteiger partial charge on any atom is -0.449 e. The molecule has 0 spiro atoms. The number of anilines is 1. The van der Waals surface area contributed by atoms with Crippen molar-refractivity contribution in [3.05, 3.63) is 71.9 Å². The number of benzene rings is 2. The molecule has 1 amide bonds. The number of rotatable bonds is 4. The van der Waals surface area contributed by atoms with E-state index in [0.29, 0.717) is 10.9 Å². The third-order valence-corrected chi connectivity index (χ3v) is 4.00. The molecular weight excluding hydrogens is 373 g/mol. The van der Waals surface area contributed by atoms with Crippen LogP contribution in [-0.4, -0.2) is 23.0 Å². The highest BCUT2D eigenvalue weighted by molar-refractivity contribution is 6.04. The van der Waals surface area contributed by atoms with Crippen LogP contribution >= 0.6 is 0 Å². The number of hydrogen-bond donors (Lipinski definition) is 1.